The third-order valence-corrected chi connectivity index (χ3v) is 10.6. The Bertz CT molecular complexity index is 1110. The lowest BCUT2D eigenvalue weighted by Gasteiger charge is -2.35. The number of nitrogens with two attached hydrogens (primary N) is 2. The highest BCUT2D eigenvalue weighted by atomic mass is 32.2. The van der Waals surface area contributed by atoms with E-state index in [2.05, 4.69) is 0 Å². The smallest absolute Gasteiger partial charge is 0.361 e. The number of ether oxygens (including phenoxy) is 1. The molecule has 0 aromatic heterocycles. The molecule has 210 valence electrons. The van der Waals surface area contributed by atoms with Gasteiger partial charge in [-0.1, -0.05) is 32.0 Å². The molecule has 3 rings (SSSR count). The van der Waals surface area contributed by atoms with E-state index in [1.54, 1.807) is 45.0 Å². The van der Waals surface area contributed by atoms with Crippen LogP contribution in [0, 0.1) is 16.7 Å². The number of rotatable bonds is 11. The number of carbonyl (C=O) groups is 2. The van der Waals surface area contributed by atoms with Gasteiger partial charge < -0.3 is 19.5 Å². The second kappa shape index (κ2) is 12.5. The Labute approximate surface area is 220 Å². The van der Waals surface area contributed by atoms with E-state index < -0.39 is 35.0 Å². The average molecular weight is 561 g/mol. The van der Waals surface area contributed by atoms with Crippen LogP contribution in [0.25, 0.3) is 0 Å². The lowest BCUT2D eigenvalue weighted by atomic mass is 9.70. The van der Waals surface area contributed by atoms with Crippen molar-refractivity contribution in [3.8, 4) is 0 Å². The molecule has 0 amide bonds. The first-order valence-corrected chi connectivity index (χ1v) is 15.9. The third kappa shape index (κ3) is 7.07. The monoisotopic (exact) mass is 560 g/mol. The molecule has 0 aliphatic heterocycles. The predicted octanol–water partition coefficient (Wildman–Crippen LogP) is 2.68. The molecule has 1 aromatic carbocycles. The summed E-state index contributed by atoms with van der Waals surface area (Å²) in [5.41, 5.74) is 5.60. The zero-order chi connectivity index (χ0) is 28.1. The Kier molecular flexibility index (Phi) is 10.7. The lowest BCUT2D eigenvalue weighted by Crippen LogP contribution is -2.43. The second-order valence-corrected chi connectivity index (χ2v) is 13.6. The predicted molar refractivity (Wildman–Crippen MR) is 142 cm³/mol. The summed E-state index contributed by atoms with van der Waals surface area (Å²) >= 11 is 0. The number of benzene rings is 1. The number of Topliss-reactive ketones (excluding diaryl/α,β-unsaturated/α-hetero) is 1. The molecular weight excluding hydrogens is 519 g/mol. The van der Waals surface area contributed by atoms with Gasteiger partial charge >= 0.3 is 13.6 Å². The van der Waals surface area contributed by atoms with Crippen LogP contribution in [-0.2, 0) is 44.4 Å². The number of primary sulfonamides is 1. The minimum atomic E-state index is -3.58. The van der Waals surface area contributed by atoms with Crippen LogP contribution < -0.4 is 16.2 Å². The van der Waals surface area contributed by atoms with E-state index >= 15 is 0 Å². The van der Waals surface area contributed by atoms with Crippen molar-refractivity contribution >= 4 is 34.7 Å². The summed E-state index contributed by atoms with van der Waals surface area (Å²) in [6, 6.07) is 6.16. The van der Waals surface area contributed by atoms with E-state index in [1.807, 2.05) is 13.8 Å². The number of fused-ring (bicyclic) bond motifs is 2. The van der Waals surface area contributed by atoms with Gasteiger partial charge in [0.15, 0.2) is 0 Å². The first kappa shape index (κ1) is 31.6. The number of sulfonamides is 1. The molecule has 3 atom stereocenters. The SMILES string of the molecule is CC1(C)C2CCC1(CS(N)(=O)=O)C(=O)C2.CCOC(=O)[C@@H](N)Cc1ccccc1P(=O)(OCC)OCC. The van der Waals surface area contributed by atoms with Gasteiger partial charge in [-0.05, 0) is 63.0 Å². The first-order chi connectivity index (χ1) is 17.2. The van der Waals surface area contributed by atoms with Crippen LogP contribution in [0.2, 0.25) is 0 Å². The number of hydrogen-bond donors (Lipinski definition) is 2. The topological polar surface area (TPSA) is 165 Å². The molecule has 2 aliphatic rings. The summed E-state index contributed by atoms with van der Waals surface area (Å²) in [7, 11) is -7.00. The maximum atomic E-state index is 12.9. The second-order valence-electron chi connectivity index (χ2n) is 10.00. The van der Waals surface area contributed by atoms with E-state index in [0.717, 1.165) is 6.42 Å². The molecule has 2 aliphatic carbocycles. The fourth-order valence-electron chi connectivity index (χ4n) is 5.49. The average Bonchev–Trinajstić information content (AvgIpc) is 3.13. The number of esters is 1. The van der Waals surface area contributed by atoms with Crippen molar-refractivity contribution in [2.75, 3.05) is 25.6 Å². The standard InChI is InChI=1S/C15H24NO5P.C10H17NO3S/c1-4-19-15(17)13(16)11-12-9-7-8-10-14(12)22(18,20-5-2)21-6-3;1-9(2)7-3-4-10(9,8(12)5-7)6-15(11,13)14/h7-10,13H,4-6,11,16H2,1-3H3;7H,3-6H2,1-2H3,(H2,11,13,14)/t13-;/m0./s1. The van der Waals surface area contributed by atoms with E-state index in [-0.39, 0.29) is 43.2 Å². The van der Waals surface area contributed by atoms with Gasteiger partial charge in [-0.15, -0.1) is 0 Å². The Hall–Kier alpha value is -1.62. The molecule has 1 aromatic rings. The highest BCUT2D eigenvalue weighted by Gasteiger charge is 2.65. The first-order valence-electron chi connectivity index (χ1n) is 12.6. The number of carbonyl (C=O) groups excluding carboxylic acids is 2. The van der Waals surface area contributed by atoms with Crippen molar-refractivity contribution < 1.29 is 36.4 Å². The van der Waals surface area contributed by atoms with Crippen molar-refractivity contribution in [2.45, 2.75) is 66.3 Å². The van der Waals surface area contributed by atoms with E-state index in [9.17, 15) is 22.6 Å². The number of ketones is 1. The van der Waals surface area contributed by atoms with Gasteiger partial charge in [-0.25, -0.2) is 13.6 Å². The summed E-state index contributed by atoms with van der Waals surface area (Å²) in [4.78, 5) is 23.6. The Morgan fingerprint density at radius 3 is 2.19 bits per heavy atom. The molecular formula is C25H41N2O8PS. The Balaban J connectivity index is 0.000000278. The summed E-state index contributed by atoms with van der Waals surface area (Å²) in [5, 5.41) is 5.54. The van der Waals surface area contributed by atoms with E-state index in [1.165, 1.54) is 0 Å². The molecule has 0 heterocycles. The van der Waals surface area contributed by atoms with Crippen LogP contribution >= 0.6 is 7.60 Å². The van der Waals surface area contributed by atoms with Gasteiger partial charge in [0.1, 0.15) is 11.8 Å². The van der Waals surface area contributed by atoms with Gasteiger partial charge in [-0.3, -0.25) is 14.2 Å². The van der Waals surface area contributed by atoms with Crippen LogP contribution in [0.5, 0.6) is 0 Å². The van der Waals surface area contributed by atoms with Crippen LogP contribution in [0.4, 0.5) is 0 Å². The highest BCUT2D eigenvalue weighted by molar-refractivity contribution is 7.89. The van der Waals surface area contributed by atoms with Gasteiger partial charge in [0.05, 0.1) is 30.9 Å². The maximum Gasteiger partial charge on any atom is 0.361 e. The van der Waals surface area contributed by atoms with Crippen LogP contribution in [0.15, 0.2) is 24.3 Å². The van der Waals surface area contributed by atoms with Crippen molar-refractivity contribution in [3.63, 3.8) is 0 Å². The molecule has 2 saturated carbocycles. The summed E-state index contributed by atoms with van der Waals surface area (Å²) < 4.78 is 51.0. The maximum absolute atomic E-state index is 12.9. The highest BCUT2D eigenvalue weighted by Crippen LogP contribution is 2.64. The molecule has 10 nitrogen and oxygen atoms in total. The Morgan fingerprint density at radius 2 is 1.73 bits per heavy atom. The third-order valence-electron chi connectivity index (χ3n) is 7.50. The fourth-order valence-corrected chi connectivity index (χ4v) is 8.67. The van der Waals surface area contributed by atoms with Gasteiger partial charge in [0.2, 0.25) is 10.0 Å². The number of hydrogen-bond acceptors (Lipinski definition) is 9. The summed E-state index contributed by atoms with van der Waals surface area (Å²) in [5.74, 6) is -0.230. The largest absolute Gasteiger partial charge is 0.465 e. The van der Waals surface area contributed by atoms with Crippen LogP contribution in [0.3, 0.4) is 0 Å². The molecule has 4 N–H and O–H groups in total. The minimum Gasteiger partial charge on any atom is -0.465 e. The normalized spacial score (nSPS) is 23.3. The summed E-state index contributed by atoms with van der Waals surface area (Å²) in [6.07, 6.45) is 2.37. The molecule has 37 heavy (non-hydrogen) atoms. The molecule has 0 radical (unpaired) electrons. The quantitative estimate of drug-likeness (QED) is 0.306. The van der Waals surface area contributed by atoms with Gasteiger partial charge in [0.25, 0.3) is 0 Å². The fraction of sp³-hybridized carbons (Fsp3) is 0.680. The van der Waals surface area contributed by atoms with E-state index in [4.69, 9.17) is 24.7 Å². The van der Waals surface area contributed by atoms with Crippen molar-refractivity contribution in [3.05, 3.63) is 29.8 Å². The zero-order valence-corrected chi connectivity index (χ0v) is 24.1. The lowest BCUT2D eigenvalue weighted by molar-refractivity contribution is -0.144. The van der Waals surface area contributed by atoms with E-state index in [0.29, 0.717) is 29.6 Å². The summed E-state index contributed by atoms with van der Waals surface area (Å²) in [6.45, 7) is 10.0. The Morgan fingerprint density at radius 1 is 1.14 bits per heavy atom. The minimum absolute atomic E-state index is 0.0952. The molecule has 0 spiro atoms. The molecule has 12 heteroatoms. The molecule has 2 fully saturated rings. The molecule has 2 bridgehead atoms. The van der Waals surface area contributed by atoms with Gasteiger partial charge in [-0.2, -0.15) is 0 Å². The van der Waals surface area contributed by atoms with Crippen molar-refractivity contribution in [1.82, 2.24) is 0 Å². The molecule has 2 unspecified atom stereocenters. The van der Waals surface area contributed by atoms with Crippen LogP contribution in [0.1, 0.15) is 59.4 Å². The zero-order valence-electron chi connectivity index (χ0n) is 22.4. The van der Waals surface area contributed by atoms with Crippen LogP contribution in [-0.4, -0.2) is 51.8 Å². The van der Waals surface area contributed by atoms with Gasteiger partial charge in [0, 0.05) is 11.8 Å². The molecule has 0 saturated heterocycles. The van der Waals surface area contributed by atoms with Crippen molar-refractivity contribution in [2.24, 2.45) is 27.6 Å². The van der Waals surface area contributed by atoms with Crippen molar-refractivity contribution in [1.29, 1.82) is 0 Å².